The fourth-order valence-electron chi connectivity index (χ4n) is 5.48. The van der Waals surface area contributed by atoms with Crippen LogP contribution in [-0.2, 0) is 37.0 Å². The molecule has 0 saturated heterocycles. The van der Waals surface area contributed by atoms with Gasteiger partial charge in [0, 0.05) is 31.6 Å². The first kappa shape index (κ1) is 37.2. The highest BCUT2D eigenvalue weighted by molar-refractivity contribution is 7.99. The van der Waals surface area contributed by atoms with Gasteiger partial charge in [0.1, 0.15) is 17.9 Å². The Kier molecular flexibility index (Phi) is 16.2. The van der Waals surface area contributed by atoms with Gasteiger partial charge in [0.25, 0.3) is 5.91 Å². The Bertz CT molecular complexity index is 1260. The van der Waals surface area contributed by atoms with Crippen molar-refractivity contribution in [2.24, 2.45) is 5.92 Å². The van der Waals surface area contributed by atoms with E-state index >= 15 is 0 Å². The van der Waals surface area contributed by atoms with Crippen LogP contribution in [0.4, 0.5) is 4.79 Å². The maximum absolute atomic E-state index is 13.7. The summed E-state index contributed by atoms with van der Waals surface area (Å²) in [5.74, 6) is -0.632. The first-order valence-corrected chi connectivity index (χ1v) is 17.2. The van der Waals surface area contributed by atoms with Gasteiger partial charge in [-0.3, -0.25) is 23.9 Å². The standard InChI is InChI=1S/C34H47ClN4O6S/c1-4-39(21-20-25-12-7-5-8-13-25)31(40)19-18-29(33(42)38(2)44-3)36-32(41)30(23-26-14-9-6-10-15-26)46-37-34(43)45-24-27-16-11-17-28(35)22-27/h5,7-8,11-13,16-17,22,26,29-30H,4,6,9-10,14-15,18-21,23-24H2,1-3H3,(H,36,41)(H,37,43)/t29-,30-/m0/s1. The molecule has 0 radical (unpaired) electrons. The largest absolute Gasteiger partial charge is 0.444 e. The third-order valence-corrected chi connectivity index (χ3v) is 9.41. The lowest BCUT2D eigenvalue weighted by molar-refractivity contribution is -0.171. The van der Waals surface area contributed by atoms with Gasteiger partial charge in [0.05, 0.1) is 7.11 Å². The molecule has 46 heavy (non-hydrogen) atoms. The monoisotopic (exact) mass is 674 g/mol. The smallest absolute Gasteiger partial charge is 0.417 e. The molecule has 12 heteroatoms. The van der Waals surface area contributed by atoms with E-state index in [0.29, 0.717) is 30.5 Å². The van der Waals surface area contributed by atoms with E-state index in [1.165, 1.54) is 20.6 Å². The van der Waals surface area contributed by atoms with Gasteiger partial charge in [-0.05, 0) is 67.3 Å². The van der Waals surface area contributed by atoms with Gasteiger partial charge in [-0.1, -0.05) is 86.2 Å². The number of rotatable bonds is 17. The number of hydrogen-bond donors (Lipinski definition) is 2. The Labute approximate surface area is 282 Å². The van der Waals surface area contributed by atoms with Crippen LogP contribution in [0.1, 0.15) is 69.4 Å². The lowest BCUT2D eigenvalue weighted by Gasteiger charge is -2.28. The Hall–Kier alpha value is -3.28. The van der Waals surface area contributed by atoms with Crippen molar-refractivity contribution in [2.45, 2.75) is 82.6 Å². The summed E-state index contributed by atoms with van der Waals surface area (Å²) in [5, 5.41) is 3.80. The second kappa shape index (κ2) is 20.1. The topological polar surface area (TPSA) is 117 Å². The zero-order valence-corrected chi connectivity index (χ0v) is 28.6. The van der Waals surface area contributed by atoms with Gasteiger partial charge in [-0.15, -0.1) is 0 Å². The summed E-state index contributed by atoms with van der Waals surface area (Å²) < 4.78 is 7.99. The molecule has 1 fully saturated rings. The van der Waals surface area contributed by atoms with Crippen LogP contribution in [0.5, 0.6) is 0 Å². The summed E-state index contributed by atoms with van der Waals surface area (Å²) in [4.78, 5) is 59.6. The molecule has 0 bridgehead atoms. The summed E-state index contributed by atoms with van der Waals surface area (Å²) in [6.07, 6.45) is 6.12. The van der Waals surface area contributed by atoms with E-state index in [0.717, 1.165) is 60.2 Å². The molecule has 3 rings (SSSR count). The van der Waals surface area contributed by atoms with Crippen LogP contribution in [0.15, 0.2) is 54.6 Å². The number of nitrogens with zero attached hydrogens (tertiary/aromatic N) is 2. The molecule has 2 atom stereocenters. The number of ether oxygens (including phenoxy) is 1. The summed E-state index contributed by atoms with van der Waals surface area (Å²) in [6.45, 7) is 3.04. The van der Waals surface area contributed by atoms with Crippen LogP contribution in [0.3, 0.4) is 0 Å². The fourth-order valence-corrected chi connectivity index (χ4v) is 6.54. The highest BCUT2D eigenvalue weighted by Crippen LogP contribution is 2.30. The molecule has 0 aromatic heterocycles. The minimum absolute atomic E-state index is 0.0283. The van der Waals surface area contributed by atoms with Crippen molar-refractivity contribution in [1.82, 2.24) is 20.0 Å². The van der Waals surface area contributed by atoms with Gasteiger partial charge in [-0.2, -0.15) is 0 Å². The van der Waals surface area contributed by atoms with Crippen LogP contribution in [0.2, 0.25) is 5.02 Å². The summed E-state index contributed by atoms with van der Waals surface area (Å²) in [5.41, 5.74) is 1.88. The maximum atomic E-state index is 13.7. The van der Waals surface area contributed by atoms with Crippen molar-refractivity contribution in [2.75, 3.05) is 27.2 Å². The predicted octanol–water partition coefficient (Wildman–Crippen LogP) is 5.93. The van der Waals surface area contributed by atoms with E-state index in [1.807, 2.05) is 37.3 Å². The van der Waals surface area contributed by atoms with Crippen molar-refractivity contribution in [1.29, 1.82) is 0 Å². The van der Waals surface area contributed by atoms with Crippen LogP contribution >= 0.6 is 23.5 Å². The molecule has 0 heterocycles. The van der Waals surface area contributed by atoms with E-state index in [9.17, 15) is 19.2 Å². The van der Waals surface area contributed by atoms with Crippen molar-refractivity contribution >= 4 is 47.4 Å². The molecular weight excluding hydrogens is 628 g/mol. The number of benzene rings is 2. The second-order valence-corrected chi connectivity index (χ2v) is 12.9. The van der Waals surface area contributed by atoms with E-state index in [1.54, 1.807) is 29.2 Å². The number of amides is 4. The molecule has 0 aliphatic heterocycles. The molecule has 4 amide bonds. The van der Waals surface area contributed by atoms with Crippen molar-refractivity contribution in [3.05, 3.63) is 70.7 Å². The average molecular weight is 675 g/mol. The number of nitrogens with one attached hydrogen (secondary N) is 2. The molecule has 2 N–H and O–H groups in total. The Morgan fingerprint density at radius 1 is 1.02 bits per heavy atom. The number of carbonyl (C=O) groups is 4. The minimum Gasteiger partial charge on any atom is -0.444 e. The van der Waals surface area contributed by atoms with E-state index < -0.39 is 29.2 Å². The number of hydroxylamine groups is 2. The zero-order chi connectivity index (χ0) is 33.3. The van der Waals surface area contributed by atoms with Gasteiger partial charge in [0.15, 0.2) is 0 Å². The third-order valence-electron chi connectivity index (χ3n) is 8.20. The first-order chi connectivity index (χ1) is 22.2. The van der Waals surface area contributed by atoms with Gasteiger partial charge in [0.2, 0.25) is 11.8 Å². The van der Waals surface area contributed by atoms with Gasteiger partial charge < -0.3 is 15.0 Å². The summed E-state index contributed by atoms with van der Waals surface area (Å²) in [6, 6.07) is 16.0. The lowest BCUT2D eigenvalue weighted by Crippen LogP contribution is -2.50. The van der Waals surface area contributed by atoms with E-state index in [4.69, 9.17) is 21.2 Å². The molecule has 10 nitrogen and oxygen atoms in total. The first-order valence-electron chi connectivity index (χ1n) is 16.0. The third kappa shape index (κ3) is 12.8. The van der Waals surface area contributed by atoms with Gasteiger partial charge in [-0.25, -0.2) is 9.86 Å². The van der Waals surface area contributed by atoms with Crippen molar-refractivity contribution in [3.8, 4) is 0 Å². The van der Waals surface area contributed by atoms with E-state index in [-0.39, 0.29) is 25.4 Å². The molecule has 252 valence electrons. The molecule has 1 aliphatic carbocycles. The Morgan fingerprint density at radius 2 is 1.74 bits per heavy atom. The molecule has 0 unspecified atom stereocenters. The van der Waals surface area contributed by atoms with Crippen molar-refractivity contribution in [3.63, 3.8) is 0 Å². The van der Waals surface area contributed by atoms with Crippen LogP contribution in [0.25, 0.3) is 0 Å². The number of likely N-dealkylation sites (N-methyl/N-ethyl adjacent to an activating group) is 2. The molecule has 1 aliphatic rings. The Morgan fingerprint density at radius 3 is 2.41 bits per heavy atom. The molecule has 2 aromatic carbocycles. The molecule has 1 saturated carbocycles. The summed E-state index contributed by atoms with van der Waals surface area (Å²) >= 11 is 7.00. The minimum atomic E-state index is -0.988. The fraction of sp³-hybridized carbons (Fsp3) is 0.529. The lowest BCUT2D eigenvalue weighted by atomic mass is 9.86. The SMILES string of the molecule is CCN(CCc1ccccc1)C(=O)CC[C@H](NC(=O)[C@H](CC1CCCCC1)SNC(=O)OCc1cccc(Cl)c1)C(=O)N(C)OC. The zero-order valence-electron chi connectivity index (χ0n) is 27.0. The van der Waals surface area contributed by atoms with Crippen LogP contribution in [-0.4, -0.2) is 72.3 Å². The number of halogens is 1. The average Bonchev–Trinajstić information content (AvgIpc) is 3.07. The molecule has 2 aromatic rings. The Balaban J connectivity index is 1.63. The maximum Gasteiger partial charge on any atom is 0.417 e. The molecular formula is C34H47ClN4O6S. The number of hydrogen-bond acceptors (Lipinski definition) is 7. The highest BCUT2D eigenvalue weighted by atomic mass is 35.5. The normalized spacial score (nSPS) is 14.5. The molecule has 0 spiro atoms. The van der Waals surface area contributed by atoms with Gasteiger partial charge >= 0.3 is 6.09 Å². The summed E-state index contributed by atoms with van der Waals surface area (Å²) in [7, 11) is 2.83. The predicted molar refractivity (Wildman–Crippen MR) is 181 cm³/mol. The quantitative estimate of drug-likeness (QED) is 0.158. The number of carbonyl (C=O) groups excluding carboxylic acids is 4. The second-order valence-electron chi connectivity index (χ2n) is 11.5. The van der Waals surface area contributed by atoms with Crippen LogP contribution < -0.4 is 10.0 Å². The van der Waals surface area contributed by atoms with E-state index in [2.05, 4.69) is 10.0 Å². The van der Waals surface area contributed by atoms with Crippen LogP contribution in [0, 0.1) is 5.92 Å². The highest BCUT2D eigenvalue weighted by Gasteiger charge is 2.31. The van der Waals surface area contributed by atoms with Crippen molar-refractivity contribution < 1.29 is 28.8 Å².